The maximum Gasteiger partial charge on any atom is 0.230 e. The fourth-order valence-electron chi connectivity index (χ4n) is 3.59. The Morgan fingerprint density at radius 1 is 1.21 bits per heavy atom. The number of rotatable bonds is 7. The summed E-state index contributed by atoms with van der Waals surface area (Å²) in [4.78, 5) is 16.5. The van der Waals surface area contributed by atoms with Gasteiger partial charge < -0.3 is 20.8 Å². The van der Waals surface area contributed by atoms with Crippen LogP contribution in [0, 0.1) is 35.2 Å². The molecule has 3 aromatic rings. The van der Waals surface area contributed by atoms with Gasteiger partial charge in [-0.05, 0) is 49.1 Å². The number of carbonyl (C=O) groups is 1. The smallest absolute Gasteiger partial charge is 0.230 e. The van der Waals surface area contributed by atoms with Gasteiger partial charge in [-0.2, -0.15) is 4.39 Å². The standard InChI is InChI=1S/C25H23F3N4O2/c1-13-8-16-18(9-15(13)14(11-29)12-30-3)31-7-4-20(16)34-23-17(26)10-19(21(27)22(23)28)32-24(33)25(2)5-6-25/h4,7-12,29-30H,5-6H2,1-3H3,(H,32,33)/b14-12+,29-11?. The van der Waals surface area contributed by atoms with Crippen LogP contribution in [-0.2, 0) is 4.79 Å². The van der Waals surface area contributed by atoms with E-state index in [1.54, 1.807) is 32.3 Å². The van der Waals surface area contributed by atoms with Crippen molar-refractivity contribution in [2.45, 2.75) is 26.7 Å². The molecular formula is C25H23F3N4O2. The number of pyridine rings is 1. The first kappa shape index (κ1) is 23.3. The average molecular weight is 468 g/mol. The first-order chi connectivity index (χ1) is 16.2. The molecule has 0 spiro atoms. The number of aromatic nitrogens is 1. The van der Waals surface area contributed by atoms with Gasteiger partial charge in [0.25, 0.3) is 0 Å². The molecule has 0 unspecified atom stereocenters. The van der Waals surface area contributed by atoms with Crippen molar-refractivity contribution in [2.75, 3.05) is 12.4 Å². The van der Waals surface area contributed by atoms with Gasteiger partial charge in [0.2, 0.25) is 17.5 Å². The number of allylic oxidation sites excluding steroid dienone is 1. The molecule has 1 saturated carbocycles. The van der Waals surface area contributed by atoms with Crippen LogP contribution in [0.5, 0.6) is 11.5 Å². The number of hydrogen-bond donors (Lipinski definition) is 3. The lowest BCUT2D eigenvalue weighted by Gasteiger charge is -2.15. The fraction of sp³-hybridized carbons (Fsp3) is 0.240. The van der Waals surface area contributed by atoms with Crippen LogP contribution < -0.4 is 15.4 Å². The number of ether oxygens (including phenoxy) is 1. The Labute approximate surface area is 194 Å². The molecule has 0 atom stereocenters. The Morgan fingerprint density at radius 3 is 2.59 bits per heavy atom. The van der Waals surface area contributed by atoms with Crippen LogP contribution in [0.4, 0.5) is 18.9 Å². The second-order valence-electron chi connectivity index (χ2n) is 8.51. The molecule has 0 aliphatic heterocycles. The molecular weight excluding hydrogens is 445 g/mol. The summed E-state index contributed by atoms with van der Waals surface area (Å²) in [7, 11) is 1.72. The van der Waals surface area contributed by atoms with Crippen molar-refractivity contribution in [1.29, 1.82) is 5.41 Å². The summed E-state index contributed by atoms with van der Waals surface area (Å²) in [5, 5.41) is 13.2. The number of nitrogens with zero attached hydrogens (tertiary/aromatic N) is 1. The molecule has 1 amide bonds. The summed E-state index contributed by atoms with van der Waals surface area (Å²) in [5.41, 5.74) is 1.39. The molecule has 1 aromatic heterocycles. The van der Waals surface area contributed by atoms with Crippen LogP contribution in [0.2, 0.25) is 0 Å². The summed E-state index contributed by atoms with van der Waals surface area (Å²) in [5.74, 6) is -5.43. The van der Waals surface area contributed by atoms with E-state index in [0.29, 0.717) is 35.4 Å². The Kier molecular flexibility index (Phi) is 6.03. The van der Waals surface area contributed by atoms with Gasteiger partial charge in [-0.15, -0.1) is 0 Å². The minimum Gasteiger partial charge on any atom is -0.450 e. The van der Waals surface area contributed by atoms with Crippen molar-refractivity contribution in [3.05, 3.63) is 65.2 Å². The Bertz CT molecular complexity index is 1350. The van der Waals surface area contributed by atoms with Gasteiger partial charge in [-0.3, -0.25) is 9.78 Å². The van der Waals surface area contributed by atoms with Crippen molar-refractivity contribution in [3.8, 4) is 11.5 Å². The minimum absolute atomic E-state index is 0.0770. The van der Waals surface area contributed by atoms with Crippen LogP contribution in [0.25, 0.3) is 16.5 Å². The minimum atomic E-state index is -1.54. The third-order valence-corrected chi connectivity index (χ3v) is 5.94. The molecule has 9 heteroatoms. The molecule has 2 aromatic carbocycles. The number of hydrogen-bond acceptors (Lipinski definition) is 5. The predicted molar refractivity (Wildman–Crippen MR) is 125 cm³/mol. The average Bonchev–Trinajstić information content (AvgIpc) is 3.57. The van der Waals surface area contributed by atoms with Gasteiger partial charge in [-0.1, -0.05) is 6.92 Å². The third-order valence-electron chi connectivity index (χ3n) is 5.94. The van der Waals surface area contributed by atoms with E-state index in [1.807, 2.05) is 6.92 Å². The summed E-state index contributed by atoms with van der Waals surface area (Å²) in [6, 6.07) is 5.58. The zero-order chi connectivity index (χ0) is 24.6. The molecule has 0 saturated heterocycles. The van der Waals surface area contributed by atoms with E-state index >= 15 is 0 Å². The van der Waals surface area contributed by atoms with Gasteiger partial charge in [-0.25, -0.2) is 8.78 Å². The van der Waals surface area contributed by atoms with Crippen LogP contribution in [0.3, 0.4) is 0 Å². The summed E-state index contributed by atoms with van der Waals surface area (Å²) >= 11 is 0. The monoisotopic (exact) mass is 468 g/mol. The van der Waals surface area contributed by atoms with E-state index in [9.17, 15) is 18.0 Å². The van der Waals surface area contributed by atoms with E-state index in [-0.39, 0.29) is 5.75 Å². The van der Waals surface area contributed by atoms with Crippen molar-refractivity contribution in [1.82, 2.24) is 10.3 Å². The van der Waals surface area contributed by atoms with E-state index in [2.05, 4.69) is 15.6 Å². The number of carbonyl (C=O) groups excluding carboxylic acids is 1. The maximum atomic E-state index is 14.8. The summed E-state index contributed by atoms with van der Waals surface area (Å²) in [6.07, 6.45) is 5.53. The number of anilines is 1. The molecule has 3 N–H and O–H groups in total. The zero-order valence-corrected chi connectivity index (χ0v) is 18.9. The Balaban J connectivity index is 1.72. The lowest BCUT2D eigenvalue weighted by atomic mass is 9.99. The van der Waals surface area contributed by atoms with Gasteiger partial charge in [0.15, 0.2) is 11.6 Å². The molecule has 1 aliphatic carbocycles. The number of halogens is 3. The van der Waals surface area contributed by atoms with Crippen LogP contribution in [0.15, 0.2) is 36.7 Å². The highest BCUT2D eigenvalue weighted by molar-refractivity contribution is 6.10. The van der Waals surface area contributed by atoms with Crippen molar-refractivity contribution >= 4 is 34.3 Å². The first-order valence-corrected chi connectivity index (χ1v) is 10.6. The second kappa shape index (κ2) is 8.81. The molecule has 0 bridgehead atoms. The van der Waals surface area contributed by atoms with Gasteiger partial charge in [0.1, 0.15) is 5.75 Å². The third kappa shape index (κ3) is 4.21. The quantitative estimate of drug-likeness (QED) is 0.307. The fourth-order valence-corrected chi connectivity index (χ4v) is 3.59. The Morgan fingerprint density at radius 2 is 1.94 bits per heavy atom. The highest BCUT2D eigenvalue weighted by Gasteiger charge is 2.45. The number of nitrogens with one attached hydrogen (secondary N) is 3. The number of amides is 1. The first-order valence-electron chi connectivity index (χ1n) is 10.6. The van der Waals surface area contributed by atoms with Crippen molar-refractivity contribution in [3.63, 3.8) is 0 Å². The van der Waals surface area contributed by atoms with Gasteiger partial charge in [0.05, 0.1) is 11.2 Å². The lowest BCUT2D eigenvalue weighted by molar-refractivity contribution is -0.120. The van der Waals surface area contributed by atoms with E-state index in [0.717, 1.165) is 11.1 Å². The molecule has 34 heavy (non-hydrogen) atoms. The predicted octanol–water partition coefficient (Wildman–Crippen LogP) is 5.70. The molecule has 1 heterocycles. The number of benzene rings is 2. The van der Waals surface area contributed by atoms with Crippen LogP contribution in [0.1, 0.15) is 30.9 Å². The molecule has 4 rings (SSSR count). The van der Waals surface area contributed by atoms with E-state index in [4.69, 9.17) is 10.1 Å². The van der Waals surface area contributed by atoms with E-state index < -0.39 is 40.2 Å². The normalized spacial score (nSPS) is 14.6. The largest absolute Gasteiger partial charge is 0.450 e. The maximum absolute atomic E-state index is 14.8. The molecule has 176 valence electrons. The zero-order valence-electron chi connectivity index (χ0n) is 18.9. The topological polar surface area (TPSA) is 87.1 Å². The van der Waals surface area contributed by atoms with Gasteiger partial charge >= 0.3 is 0 Å². The van der Waals surface area contributed by atoms with Gasteiger partial charge in [0, 0.05) is 48.1 Å². The molecule has 1 aliphatic rings. The highest BCUT2D eigenvalue weighted by atomic mass is 19.2. The van der Waals surface area contributed by atoms with Crippen LogP contribution >= 0.6 is 0 Å². The molecule has 1 fully saturated rings. The summed E-state index contributed by atoms with van der Waals surface area (Å²) in [6.45, 7) is 3.52. The number of fused-ring (bicyclic) bond motifs is 1. The Hall–Kier alpha value is -3.88. The molecule has 0 radical (unpaired) electrons. The van der Waals surface area contributed by atoms with Crippen molar-refractivity contribution in [2.24, 2.45) is 5.41 Å². The van der Waals surface area contributed by atoms with E-state index in [1.165, 1.54) is 18.5 Å². The lowest BCUT2D eigenvalue weighted by Crippen LogP contribution is -2.22. The summed E-state index contributed by atoms with van der Waals surface area (Å²) < 4.78 is 49.7. The second-order valence-corrected chi connectivity index (χ2v) is 8.51. The molecule has 6 nitrogen and oxygen atoms in total. The SMILES string of the molecule is CN/C=C(\C=N)c1cc2nccc(Oc3c(F)cc(NC(=O)C4(C)CC4)c(F)c3F)c2cc1C. The number of aryl methyl sites for hydroxylation is 1. The highest BCUT2D eigenvalue weighted by Crippen LogP contribution is 2.46. The van der Waals surface area contributed by atoms with Crippen molar-refractivity contribution < 1.29 is 22.7 Å². The van der Waals surface area contributed by atoms with Crippen LogP contribution in [-0.4, -0.2) is 24.2 Å².